The Labute approximate surface area is 177 Å². The minimum absolute atomic E-state index is 0.120. The average Bonchev–Trinajstić information content (AvgIpc) is 2.67. The molecule has 1 aliphatic carbocycles. The summed E-state index contributed by atoms with van der Waals surface area (Å²) >= 11 is 0. The van der Waals surface area contributed by atoms with Gasteiger partial charge in [-0.1, -0.05) is 25.1 Å². The van der Waals surface area contributed by atoms with Crippen LogP contribution >= 0.6 is 0 Å². The standard InChI is InChI=1S/C23H21F3N4O/c1-13-5-3-7-16(9-13)28-22-29-18-10-14(2)11-19(31)20(18)21(30-22)27-17-8-4-6-15(12-17)23(24,25)26/h3-9,12,14H,10-11H2,1-2H3,(H2,27,28,29,30). The number of nitrogens with one attached hydrogen (secondary N) is 2. The first-order valence-electron chi connectivity index (χ1n) is 9.91. The van der Waals surface area contributed by atoms with E-state index in [1.54, 1.807) is 0 Å². The van der Waals surface area contributed by atoms with Crippen molar-refractivity contribution in [1.82, 2.24) is 9.97 Å². The summed E-state index contributed by atoms with van der Waals surface area (Å²) in [5, 5.41) is 6.05. The van der Waals surface area contributed by atoms with Crippen LogP contribution in [0.15, 0.2) is 48.5 Å². The summed E-state index contributed by atoms with van der Waals surface area (Å²) < 4.78 is 39.3. The Hall–Kier alpha value is -3.42. The first-order chi connectivity index (χ1) is 14.7. The molecule has 0 spiro atoms. The first kappa shape index (κ1) is 20.8. The van der Waals surface area contributed by atoms with E-state index < -0.39 is 11.7 Å². The molecule has 1 atom stereocenters. The smallest absolute Gasteiger partial charge is 0.339 e. The molecule has 0 radical (unpaired) electrons. The van der Waals surface area contributed by atoms with Gasteiger partial charge in [0.2, 0.25) is 5.95 Å². The van der Waals surface area contributed by atoms with E-state index in [0.717, 1.165) is 23.4 Å². The molecule has 0 aliphatic heterocycles. The fourth-order valence-corrected chi connectivity index (χ4v) is 3.68. The van der Waals surface area contributed by atoms with Crippen LogP contribution < -0.4 is 10.6 Å². The summed E-state index contributed by atoms with van der Waals surface area (Å²) in [7, 11) is 0. The van der Waals surface area contributed by atoms with Gasteiger partial charge in [0.1, 0.15) is 5.82 Å². The number of aromatic nitrogens is 2. The largest absolute Gasteiger partial charge is 0.416 e. The lowest BCUT2D eigenvalue weighted by Gasteiger charge is -2.23. The molecule has 1 unspecified atom stereocenters. The zero-order valence-electron chi connectivity index (χ0n) is 17.0. The highest BCUT2D eigenvalue weighted by Crippen LogP contribution is 2.34. The van der Waals surface area contributed by atoms with Crippen molar-refractivity contribution in [3.63, 3.8) is 0 Å². The fourth-order valence-electron chi connectivity index (χ4n) is 3.68. The summed E-state index contributed by atoms with van der Waals surface area (Å²) in [6.07, 6.45) is -3.53. The summed E-state index contributed by atoms with van der Waals surface area (Å²) in [4.78, 5) is 21.7. The summed E-state index contributed by atoms with van der Waals surface area (Å²) in [5.74, 6) is 0.491. The monoisotopic (exact) mass is 426 g/mol. The molecule has 1 heterocycles. The van der Waals surface area contributed by atoms with E-state index in [-0.39, 0.29) is 29.2 Å². The Morgan fingerprint density at radius 2 is 1.68 bits per heavy atom. The molecule has 31 heavy (non-hydrogen) atoms. The molecular formula is C23H21F3N4O. The van der Waals surface area contributed by atoms with E-state index in [4.69, 9.17) is 0 Å². The second kappa shape index (κ2) is 8.02. The van der Waals surface area contributed by atoms with E-state index in [1.807, 2.05) is 38.1 Å². The van der Waals surface area contributed by atoms with Gasteiger partial charge in [-0.15, -0.1) is 0 Å². The van der Waals surface area contributed by atoms with E-state index in [9.17, 15) is 18.0 Å². The van der Waals surface area contributed by atoms with Crippen LogP contribution in [0.1, 0.15) is 40.5 Å². The quantitative estimate of drug-likeness (QED) is 0.531. The van der Waals surface area contributed by atoms with Crippen molar-refractivity contribution in [3.8, 4) is 0 Å². The lowest BCUT2D eigenvalue weighted by atomic mass is 9.87. The number of benzene rings is 2. The Morgan fingerprint density at radius 1 is 0.968 bits per heavy atom. The predicted octanol–water partition coefficient (Wildman–Crippen LogP) is 6.06. The minimum Gasteiger partial charge on any atom is -0.339 e. The summed E-state index contributed by atoms with van der Waals surface area (Å²) in [5.41, 5.74) is 2.17. The zero-order valence-corrected chi connectivity index (χ0v) is 17.0. The average molecular weight is 426 g/mol. The molecule has 3 aromatic rings. The normalized spacial score (nSPS) is 16.0. The Morgan fingerprint density at radius 3 is 2.39 bits per heavy atom. The zero-order chi connectivity index (χ0) is 22.2. The number of hydrogen-bond acceptors (Lipinski definition) is 5. The molecule has 0 saturated carbocycles. The van der Waals surface area contributed by atoms with Crippen molar-refractivity contribution in [1.29, 1.82) is 0 Å². The van der Waals surface area contributed by atoms with E-state index in [1.165, 1.54) is 12.1 Å². The Kier molecular flexibility index (Phi) is 5.39. The number of carbonyl (C=O) groups is 1. The van der Waals surface area contributed by atoms with Crippen molar-refractivity contribution in [3.05, 3.63) is 70.9 Å². The van der Waals surface area contributed by atoms with Gasteiger partial charge in [-0.05, 0) is 55.2 Å². The highest BCUT2D eigenvalue weighted by Gasteiger charge is 2.31. The number of aryl methyl sites for hydroxylation is 1. The lowest BCUT2D eigenvalue weighted by Crippen LogP contribution is -2.22. The Bertz CT molecular complexity index is 1140. The van der Waals surface area contributed by atoms with E-state index in [2.05, 4.69) is 20.6 Å². The molecule has 1 aromatic heterocycles. The lowest BCUT2D eigenvalue weighted by molar-refractivity contribution is -0.137. The second-order valence-electron chi connectivity index (χ2n) is 7.85. The van der Waals surface area contributed by atoms with Gasteiger partial charge < -0.3 is 10.6 Å². The van der Waals surface area contributed by atoms with Gasteiger partial charge >= 0.3 is 6.18 Å². The maximum atomic E-state index is 13.1. The molecule has 1 aliphatic rings. The third-order valence-corrected chi connectivity index (χ3v) is 5.07. The number of Topliss-reactive ketones (excluding diaryl/α,β-unsaturated/α-hetero) is 1. The first-order valence-corrected chi connectivity index (χ1v) is 9.91. The maximum Gasteiger partial charge on any atom is 0.416 e. The molecule has 8 heteroatoms. The summed E-state index contributed by atoms with van der Waals surface area (Å²) in [6.45, 7) is 3.93. The second-order valence-corrected chi connectivity index (χ2v) is 7.85. The number of halogens is 3. The van der Waals surface area contributed by atoms with Crippen LogP contribution in [0.4, 0.5) is 36.3 Å². The molecule has 0 bridgehead atoms. The van der Waals surface area contributed by atoms with Gasteiger partial charge in [-0.3, -0.25) is 4.79 Å². The molecule has 2 N–H and O–H groups in total. The third-order valence-electron chi connectivity index (χ3n) is 5.07. The predicted molar refractivity (Wildman–Crippen MR) is 113 cm³/mol. The van der Waals surface area contributed by atoms with Crippen LogP contribution in [-0.4, -0.2) is 15.8 Å². The van der Waals surface area contributed by atoms with Gasteiger partial charge in [0, 0.05) is 17.8 Å². The maximum absolute atomic E-state index is 13.1. The molecule has 0 amide bonds. The van der Waals surface area contributed by atoms with Gasteiger partial charge in [0.05, 0.1) is 16.8 Å². The molecule has 2 aromatic carbocycles. The van der Waals surface area contributed by atoms with Crippen molar-refractivity contribution >= 4 is 28.9 Å². The SMILES string of the molecule is Cc1cccc(Nc2nc3c(c(Nc4cccc(C(F)(F)F)c4)n2)C(=O)CC(C)C3)c1. The van der Waals surface area contributed by atoms with Gasteiger partial charge in [-0.2, -0.15) is 18.2 Å². The molecule has 0 fully saturated rings. The molecule has 0 saturated heterocycles. The molecule has 160 valence electrons. The molecule has 5 nitrogen and oxygen atoms in total. The topological polar surface area (TPSA) is 66.9 Å². The number of hydrogen-bond donors (Lipinski definition) is 2. The number of rotatable bonds is 4. The van der Waals surface area contributed by atoms with Gasteiger partial charge in [0.25, 0.3) is 0 Å². The number of nitrogens with zero attached hydrogens (tertiary/aromatic N) is 2. The fraction of sp³-hybridized carbons (Fsp3) is 0.261. The number of alkyl halides is 3. The van der Waals surface area contributed by atoms with Crippen LogP contribution in [0.5, 0.6) is 0 Å². The molecule has 4 rings (SSSR count). The number of ketones is 1. The molecular weight excluding hydrogens is 405 g/mol. The third kappa shape index (κ3) is 4.68. The van der Waals surface area contributed by atoms with Crippen LogP contribution in [-0.2, 0) is 12.6 Å². The van der Waals surface area contributed by atoms with Crippen molar-refractivity contribution in [2.75, 3.05) is 10.6 Å². The van der Waals surface area contributed by atoms with Crippen LogP contribution in [0.3, 0.4) is 0 Å². The minimum atomic E-state index is -4.47. The number of carbonyl (C=O) groups excluding carboxylic acids is 1. The van der Waals surface area contributed by atoms with Crippen molar-refractivity contribution < 1.29 is 18.0 Å². The van der Waals surface area contributed by atoms with Crippen LogP contribution in [0, 0.1) is 12.8 Å². The van der Waals surface area contributed by atoms with Gasteiger partial charge in [-0.25, -0.2) is 4.98 Å². The highest BCUT2D eigenvalue weighted by molar-refractivity contribution is 6.03. The van der Waals surface area contributed by atoms with Crippen LogP contribution in [0.2, 0.25) is 0 Å². The van der Waals surface area contributed by atoms with Crippen molar-refractivity contribution in [2.24, 2.45) is 5.92 Å². The van der Waals surface area contributed by atoms with Gasteiger partial charge in [0.15, 0.2) is 5.78 Å². The van der Waals surface area contributed by atoms with E-state index >= 15 is 0 Å². The Balaban J connectivity index is 1.75. The number of anilines is 4. The number of fused-ring (bicyclic) bond motifs is 1. The van der Waals surface area contributed by atoms with Crippen LogP contribution in [0.25, 0.3) is 0 Å². The highest BCUT2D eigenvalue weighted by atomic mass is 19.4. The van der Waals surface area contributed by atoms with Crippen molar-refractivity contribution in [2.45, 2.75) is 32.9 Å². The summed E-state index contributed by atoms with van der Waals surface area (Å²) in [6, 6.07) is 12.5. The van der Waals surface area contributed by atoms with E-state index in [0.29, 0.717) is 24.1 Å².